The second-order valence-electron chi connectivity index (χ2n) is 9.23. The smallest absolute Gasteiger partial charge is 0.234 e. The third-order valence-electron chi connectivity index (χ3n) is 6.74. The molecule has 28 heavy (non-hydrogen) atoms. The number of piperidine rings is 1. The minimum Gasteiger partial charge on any atom is -0.353 e. The molecule has 3 atom stereocenters. The van der Waals surface area contributed by atoms with E-state index in [0.717, 1.165) is 44.2 Å². The molecule has 4 rings (SSSR count). The molecule has 1 aliphatic heterocycles. The van der Waals surface area contributed by atoms with E-state index in [4.69, 9.17) is 0 Å². The standard InChI is InChI=1S/C24H35N3O/c1-4-19(14-18-8-6-5-7-9-18)23-21-15-24(21,23)26-20-10-12-27(13-11-20)16-22(28)25-17(2)3/h5-9,14,17,20-21,23,26H,4,10-13,15-16H2,1-3H3,(H,25,28)/b19-14+/t21?,23-,24-/m1/s1. The van der Waals surface area contributed by atoms with Crippen LogP contribution in [0.5, 0.6) is 0 Å². The first-order valence-corrected chi connectivity index (χ1v) is 11.1. The Balaban J connectivity index is 1.27. The Kier molecular flexibility index (Phi) is 5.62. The van der Waals surface area contributed by atoms with Gasteiger partial charge in [-0.2, -0.15) is 0 Å². The zero-order chi connectivity index (χ0) is 19.7. The molecular formula is C24H35N3O. The molecule has 0 bridgehead atoms. The minimum absolute atomic E-state index is 0.156. The Hall–Kier alpha value is -1.65. The van der Waals surface area contributed by atoms with Crippen LogP contribution in [0.25, 0.3) is 6.08 Å². The number of carbonyl (C=O) groups excluding carboxylic acids is 1. The van der Waals surface area contributed by atoms with Crippen molar-refractivity contribution in [2.45, 2.75) is 64.1 Å². The molecule has 2 saturated carbocycles. The molecule has 1 unspecified atom stereocenters. The van der Waals surface area contributed by atoms with Gasteiger partial charge in [-0.3, -0.25) is 9.69 Å². The van der Waals surface area contributed by atoms with Crippen LogP contribution in [0.1, 0.15) is 52.0 Å². The number of nitrogens with one attached hydrogen (secondary N) is 2. The first kappa shape index (κ1) is 19.7. The second kappa shape index (κ2) is 8.00. The Bertz CT molecular complexity index is 721. The first-order chi connectivity index (χ1) is 13.5. The molecule has 3 aliphatic rings. The molecule has 1 aromatic carbocycles. The highest BCUT2D eigenvalue weighted by Crippen LogP contribution is 2.75. The van der Waals surface area contributed by atoms with Gasteiger partial charge in [0.25, 0.3) is 0 Å². The van der Waals surface area contributed by atoms with Gasteiger partial charge in [0.1, 0.15) is 0 Å². The van der Waals surface area contributed by atoms with E-state index in [9.17, 15) is 4.79 Å². The van der Waals surface area contributed by atoms with Crippen molar-refractivity contribution in [3.8, 4) is 0 Å². The fourth-order valence-corrected chi connectivity index (χ4v) is 5.11. The maximum absolute atomic E-state index is 12.0. The largest absolute Gasteiger partial charge is 0.353 e. The molecule has 1 heterocycles. The quantitative estimate of drug-likeness (QED) is 0.725. The van der Waals surface area contributed by atoms with Crippen molar-refractivity contribution in [3.05, 3.63) is 41.5 Å². The van der Waals surface area contributed by atoms with Gasteiger partial charge >= 0.3 is 0 Å². The average molecular weight is 382 g/mol. The summed E-state index contributed by atoms with van der Waals surface area (Å²) in [5.74, 6) is 1.76. The van der Waals surface area contributed by atoms with Gasteiger partial charge in [-0.05, 0) is 51.0 Å². The van der Waals surface area contributed by atoms with Gasteiger partial charge in [-0.1, -0.05) is 48.9 Å². The molecule has 1 amide bonds. The summed E-state index contributed by atoms with van der Waals surface area (Å²) in [7, 11) is 0. The van der Waals surface area contributed by atoms with Gasteiger partial charge in [0.15, 0.2) is 0 Å². The van der Waals surface area contributed by atoms with Crippen molar-refractivity contribution in [1.29, 1.82) is 0 Å². The average Bonchev–Trinajstić information content (AvgIpc) is 3.52. The summed E-state index contributed by atoms with van der Waals surface area (Å²) in [6.07, 6.45) is 7.21. The second-order valence-corrected chi connectivity index (χ2v) is 9.23. The van der Waals surface area contributed by atoms with E-state index >= 15 is 0 Å². The van der Waals surface area contributed by atoms with E-state index in [1.165, 1.54) is 12.0 Å². The Morgan fingerprint density at radius 3 is 2.57 bits per heavy atom. The summed E-state index contributed by atoms with van der Waals surface area (Å²) >= 11 is 0. The normalized spacial score (nSPS) is 30.2. The van der Waals surface area contributed by atoms with Gasteiger partial charge < -0.3 is 10.6 Å². The highest BCUT2D eigenvalue weighted by Gasteiger charge is 2.79. The molecule has 0 spiro atoms. The fraction of sp³-hybridized carbons (Fsp3) is 0.625. The Morgan fingerprint density at radius 1 is 1.25 bits per heavy atom. The number of benzene rings is 1. The number of rotatable bonds is 8. The van der Waals surface area contributed by atoms with Gasteiger partial charge in [-0.25, -0.2) is 0 Å². The highest BCUT2D eigenvalue weighted by molar-refractivity contribution is 5.78. The zero-order valence-electron chi connectivity index (χ0n) is 17.6. The van der Waals surface area contributed by atoms with Crippen LogP contribution in [0.2, 0.25) is 0 Å². The number of amides is 1. The molecule has 1 aromatic rings. The zero-order valence-corrected chi connectivity index (χ0v) is 17.6. The lowest BCUT2D eigenvalue weighted by atomic mass is 9.95. The van der Waals surface area contributed by atoms with Gasteiger partial charge in [0.2, 0.25) is 5.91 Å². The van der Waals surface area contributed by atoms with Crippen LogP contribution in [0.3, 0.4) is 0 Å². The van der Waals surface area contributed by atoms with Crippen LogP contribution in [0, 0.1) is 11.8 Å². The van der Waals surface area contributed by atoms with Crippen LogP contribution < -0.4 is 10.6 Å². The van der Waals surface area contributed by atoms with Crippen LogP contribution in [-0.4, -0.2) is 48.1 Å². The van der Waals surface area contributed by atoms with Gasteiger partial charge in [0.05, 0.1) is 6.54 Å². The molecule has 2 aliphatic carbocycles. The topological polar surface area (TPSA) is 44.4 Å². The third-order valence-corrected chi connectivity index (χ3v) is 6.74. The molecule has 0 radical (unpaired) electrons. The van der Waals surface area contributed by atoms with E-state index in [2.05, 4.69) is 58.9 Å². The predicted molar refractivity (Wildman–Crippen MR) is 115 cm³/mol. The molecular weight excluding hydrogens is 346 g/mol. The molecule has 152 valence electrons. The maximum atomic E-state index is 12.0. The summed E-state index contributed by atoms with van der Waals surface area (Å²) in [4.78, 5) is 14.3. The van der Waals surface area contributed by atoms with Gasteiger partial charge in [-0.15, -0.1) is 0 Å². The van der Waals surface area contributed by atoms with Crippen molar-refractivity contribution in [2.24, 2.45) is 11.8 Å². The van der Waals surface area contributed by atoms with Crippen molar-refractivity contribution < 1.29 is 4.79 Å². The lowest BCUT2D eigenvalue weighted by Crippen LogP contribution is -2.48. The van der Waals surface area contributed by atoms with Crippen molar-refractivity contribution in [2.75, 3.05) is 19.6 Å². The number of hydrogen-bond donors (Lipinski definition) is 2. The number of carbonyl (C=O) groups is 1. The molecule has 3 fully saturated rings. The molecule has 4 nitrogen and oxygen atoms in total. The minimum atomic E-state index is 0.156. The van der Waals surface area contributed by atoms with E-state index in [-0.39, 0.29) is 11.9 Å². The first-order valence-electron chi connectivity index (χ1n) is 11.1. The highest BCUT2D eigenvalue weighted by atomic mass is 16.2. The summed E-state index contributed by atoms with van der Waals surface area (Å²) in [5.41, 5.74) is 3.34. The number of likely N-dealkylation sites (tertiary alicyclic amines) is 1. The van der Waals surface area contributed by atoms with Crippen LogP contribution in [0.4, 0.5) is 0 Å². The van der Waals surface area contributed by atoms with E-state index < -0.39 is 0 Å². The van der Waals surface area contributed by atoms with E-state index in [0.29, 0.717) is 18.1 Å². The molecule has 2 N–H and O–H groups in total. The van der Waals surface area contributed by atoms with Gasteiger partial charge in [0, 0.05) is 36.6 Å². The summed E-state index contributed by atoms with van der Waals surface area (Å²) < 4.78 is 0. The number of hydrogen-bond acceptors (Lipinski definition) is 3. The third kappa shape index (κ3) is 4.18. The van der Waals surface area contributed by atoms with Crippen molar-refractivity contribution >= 4 is 12.0 Å². The lowest BCUT2D eigenvalue weighted by molar-refractivity contribution is -0.123. The van der Waals surface area contributed by atoms with Crippen LogP contribution in [-0.2, 0) is 4.79 Å². The fourth-order valence-electron chi connectivity index (χ4n) is 5.11. The van der Waals surface area contributed by atoms with E-state index in [1.54, 1.807) is 5.57 Å². The number of fused-ring (bicyclic) bond motifs is 1. The molecule has 4 heteroatoms. The van der Waals surface area contributed by atoms with Crippen molar-refractivity contribution in [1.82, 2.24) is 15.5 Å². The lowest BCUT2D eigenvalue weighted by Gasteiger charge is -2.33. The SMILES string of the molecule is CC/C(=C\c1ccccc1)[C@@H]1C2C[C@@]21NC1CCN(CC(=O)NC(C)C)CC1. The summed E-state index contributed by atoms with van der Waals surface area (Å²) in [6, 6.07) is 11.6. The summed E-state index contributed by atoms with van der Waals surface area (Å²) in [6.45, 7) is 8.91. The van der Waals surface area contributed by atoms with E-state index in [1.807, 2.05) is 13.8 Å². The predicted octanol–water partition coefficient (Wildman–Crippen LogP) is 3.45. The monoisotopic (exact) mass is 381 g/mol. The Morgan fingerprint density at radius 2 is 1.96 bits per heavy atom. The molecule has 1 saturated heterocycles. The maximum Gasteiger partial charge on any atom is 0.234 e. The number of nitrogens with zero attached hydrogens (tertiary/aromatic N) is 1. The van der Waals surface area contributed by atoms with Crippen molar-refractivity contribution in [3.63, 3.8) is 0 Å². The van der Waals surface area contributed by atoms with Crippen LogP contribution >= 0.6 is 0 Å². The van der Waals surface area contributed by atoms with Crippen LogP contribution in [0.15, 0.2) is 35.9 Å². The summed E-state index contributed by atoms with van der Waals surface area (Å²) in [5, 5.41) is 7.03. The molecule has 0 aromatic heterocycles. The Labute approximate surface area is 169 Å².